The van der Waals surface area contributed by atoms with Crippen LogP contribution in [0.5, 0.6) is 0 Å². The molecule has 0 unspecified atom stereocenters. The second-order valence-electron chi connectivity index (χ2n) is 11.7. The van der Waals surface area contributed by atoms with E-state index in [1.807, 2.05) is 42.6 Å². The molecule has 1 aliphatic rings. The number of carbonyl (C=O) groups excluding carboxylic acids is 1. The lowest BCUT2D eigenvalue weighted by Crippen LogP contribution is -2.35. The SMILES string of the molecule is CC(C)(C)c1ccc(NC(=O)Nc2ccc(-c3ccc(CN4CCOCC4)nc3)c3ccccc23)c(CCCO)c1. The molecule has 7 nitrogen and oxygen atoms in total. The maximum atomic E-state index is 13.2. The van der Waals surface area contributed by atoms with Gasteiger partial charge in [-0.05, 0) is 58.5 Å². The number of benzene rings is 3. The van der Waals surface area contributed by atoms with E-state index < -0.39 is 0 Å². The number of rotatable bonds is 8. The fraction of sp³-hybridized carbons (Fsp3) is 0.353. The standard InChI is InChI=1S/C34H40N4O3/c1-34(2,3)26-11-14-31(24(21-26)7-6-18-39)36-33(40)37-32-15-13-28(29-8-4-5-9-30(29)32)25-10-12-27(35-22-25)23-38-16-19-41-20-17-38/h4-5,8-15,21-22,39H,6-7,16-20,23H2,1-3H3,(H2,36,37,40). The molecule has 0 radical (unpaired) electrons. The van der Waals surface area contributed by atoms with Gasteiger partial charge in [0.25, 0.3) is 0 Å². The summed E-state index contributed by atoms with van der Waals surface area (Å²) in [5, 5.41) is 17.5. The van der Waals surface area contributed by atoms with Gasteiger partial charge in [-0.3, -0.25) is 9.88 Å². The molecule has 0 saturated carbocycles. The van der Waals surface area contributed by atoms with E-state index in [9.17, 15) is 9.90 Å². The zero-order valence-corrected chi connectivity index (χ0v) is 24.2. The predicted molar refractivity (Wildman–Crippen MR) is 166 cm³/mol. The van der Waals surface area contributed by atoms with Crippen molar-refractivity contribution in [3.05, 3.63) is 89.7 Å². The molecule has 2 heterocycles. The van der Waals surface area contributed by atoms with Crippen LogP contribution in [0.3, 0.4) is 0 Å². The van der Waals surface area contributed by atoms with Gasteiger partial charge in [0.2, 0.25) is 0 Å². The number of aliphatic hydroxyl groups excluding tert-OH is 1. The van der Waals surface area contributed by atoms with E-state index in [4.69, 9.17) is 9.72 Å². The number of nitrogens with zero attached hydrogens (tertiary/aromatic N) is 2. The van der Waals surface area contributed by atoms with Crippen LogP contribution in [0.2, 0.25) is 0 Å². The number of morpholine rings is 1. The van der Waals surface area contributed by atoms with Gasteiger partial charge in [0.15, 0.2) is 0 Å². The highest BCUT2D eigenvalue weighted by molar-refractivity contribution is 6.09. The first kappa shape index (κ1) is 28.7. The number of pyridine rings is 1. The number of amides is 2. The quantitative estimate of drug-likeness (QED) is 0.229. The number of fused-ring (bicyclic) bond motifs is 1. The van der Waals surface area contributed by atoms with Gasteiger partial charge in [-0.25, -0.2) is 4.79 Å². The zero-order valence-electron chi connectivity index (χ0n) is 24.2. The number of urea groups is 1. The summed E-state index contributed by atoms with van der Waals surface area (Å²) in [6, 6.07) is 22.2. The molecule has 3 aromatic carbocycles. The summed E-state index contributed by atoms with van der Waals surface area (Å²) in [5.41, 5.74) is 6.86. The van der Waals surface area contributed by atoms with E-state index >= 15 is 0 Å². The van der Waals surface area contributed by atoms with Crippen molar-refractivity contribution in [1.82, 2.24) is 9.88 Å². The largest absolute Gasteiger partial charge is 0.396 e. The Labute approximate surface area is 242 Å². The Balaban J connectivity index is 1.35. The lowest BCUT2D eigenvalue weighted by atomic mass is 9.85. The summed E-state index contributed by atoms with van der Waals surface area (Å²) < 4.78 is 5.45. The number of carbonyl (C=O) groups is 1. The summed E-state index contributed by atoms with van der Waals surface area (Å²) in [6.07, 6.45) is 3.26. The second-order valence-corrected chi connectivity index (χ2v) is 11.7. The second kappa shape index (κ2) is 12.8. The number of aryl methyl sites for hydroxylation is 1. The Bertz CT molecular complexity index is 1490. The number of ether oxygens (including phenoxy) is 1. The molecule has 1 saturated heterocycles. The van der Waals surface area contributed by atoms with Crippen LogP contribution in [0.25, 0.3) is 21.9 Å². The molecule has 5 rings (SSSR count). The highest BCUT2D eigenvalue weighted by Gasteiger charge is 2.17. The van der Waals surface area contributed by atoms with E-state index in [1.54, 1.807) is 0 Å². The molecule has 0 bridgehead atoms. The Morgan fingerprint density at radius 2 is 1.68 bits per heavy atom. The third kappa shape index (κ3) is 7.11. The van der Waals surface area contributed by atoms with Crippen molar-refractivity contribution in [3.63, 3.8) is 0 Å². The average Bonchev–Trinajstić information content (AvgIpc) is 2.97. The van der Waals surface area contributed by atoms with Gasteiger partial charge >= 0.3 is 6.03 Å². The maximum absolute atomic E-state index is 13.2. The maximum Gasteiger partial charge on any atom is 0.323 e. The van der Waals surface area contributed by atoms with E-state index in [0.29, 0.717) is 12.8 Å². The topological polar surface area (TPSA) is 86.7 Å². The van der Waals surface area contributed by atoms with Gasteiger partial charge in [-0.1, -0.05) is 69.3 Å². The van der Waals surface area contributed by atoms with Crippen LogP contribution >= 0.6 is 0 Å². The van der Waals surface area contributed by atoms with Crippen molar-refractivity contribution < 1.29 is 14.6 Å². The first-order chi connectivity index (χ1) is 19.8. The third-order valence-corrected chi connectivity index (χ3v) is 7.62. The number of anilines is 2. The molecule has 1 fully saturated rings. The Hall–Kier alpha value is -3.78. The van der Waals surface area contributed by atoms with Crippen LogP contribution < -0.4 is 10.6 Å². The van der Waals surface area contributed by atoms with E-state index in [0.717, 1.165) is 77.4 Å². The molecule has 214 valence electrons. The van der Waals surface area contributed by atoms with Crippen LogP contribution in [-0.2, 0) is 23.1 Å². The molecule has 1 aliphatic heterocycles. The molecular formula is C34H40N4O3. The molecule has 4 aromatic rings. The van der Waals surface area contributed by atoms with Crippen LogP contribution in [0, 0.1) is 0 Å². The van der Waals surface area contributed by atoms with Gasteiger partial charge in [0.05, 0.1) is 24.6 Å². The van der Waals surface area contributed by atoms with Crippen molar-refractivity contribution in [2.45, 2.75) is 45.6 Å². The highest BCUT2D eigenvalue weighted by Crippen LogP contribution is 2.34. The molecule has 7 heteroatoms. The Morgan fingerprint density at radius 3 is 2.39 bits per heavy atom. The Kier molecular flexibility index (Phi) is 8.98. The third-order valence-electron chi connectivity index (χ3n) is 7.62. The first-order valence-corrected chi connectivity index (χ1v) is 14.4. The summed E-state index contributed by atoms with van der Waals surface area (Å²) >= 11 is 0. The monoisotopic (exact) mass is 552 g/mol. The van der Waals surface area contributed by atoms with Gasteiger partial charge < -0.3 is 20.5 Å². The van der Waals surface area contributed by atoms with Crippen molar-refractivity contribution >= 4 is 28.2 Å². The number of hydrogen-bond donors (Lipinski definition) is 3. The zero-order chi connectivity index (χ0) is 28.8. The molecule has 3 N–H and O–H groups in total. The fourth-order valence-electron chi connectivity index (χ4n) is 5.26. The number of aromatic nitrogens is 1. The predicted octanol–water partition coefficient (Wildman–Crippen LogP) is 6.60. The number of nitrogens with one attached hydrogen (secondary N) is 2. The van der Waals surface area contributed by atoms with Gasteiger partial charge in [0, 0.05) is 49.1 Å². The van der Waals surface area contributed by atoms with Crippen molar-refractivity contribution in [2.75, 3.05) is 43.5 Å². The summed E-state index contributed by atoms with van der Waals surface area (Å²) in [5.74, 6) is 0. The minimum atomic E-state index is -0.300. The average molecular weight is 553 g/mol. The van der Waals surface area contributed by atoms with E-state index in [-0.39, 0.29) is 18.1 Å². The van der Waals surface area contributed by atoms with Crippen LogP contribution in [-0.4, -0.2) is 53.9 Å². The van der Waals surface area contributed by atoms with Gasteiger partial charge in [-0.15, -0.1) is 0 Å². The van der Waals surface area contributed by atoms with E-state index in [1.165, 1.54) is 5.56 Å². The summed E-state index contributed by atoms with van der Waals surface area (Å²) in [6.45, 7) is 10.9. The minimum Gasteiger partial charge on any atom is -0.396 e. The smallest absolute Gasteiger partial charge is 0.323 e. The lowest BCUT2D eigenvalue weighted by Gasteiger charge is -2.26. The minimum absolute atomic E-state index is 0.00596. The Morgan fingerprint density at radius 1 is 0.951 bits per heavy atom. The van der Waals surface area contributed by atoms with E-state index in [2.05, 4.69) is 66.6 Å². The van der Waals surface area contributed by atoms with Gasteiger partial charge in [0.1, 0.15) is 0 Å². The van der Waals surface area contributed by atoms with Crippen molar-refractivity contribution in [1.29, 1.82) is 0 Å². The van der Waals surface area contributed by atoms with Crippen LogP contribution in [0.1, 0.15) is 44.0 Å². The molecule has 1 aromatic heterocycles. The molecular weight excluding hydrogens is 512 g/mol. The molecule has 0 aliphatic carbocycles. The fourth-order valence-corrected chi connectivity index (χ4v) is 5.26. The summed E-state index contributed by atoms with van der Waals surface area (Å²) in [7, 11) is 0. The first-order valence-electron chi connectivity index (χ1n) is 14.4. The summed E-state index contributed by atoms with van der Waals surface area (Å²) in [4.78, 5) is 20.3. The normalized spacial score (nSPS) is 14.2. The van der Waals surface area contributed by atoms with Crippen molar-refractivity contribution in [3.8, 4) is 11.1 Å². The van der Waals surface area contributed by atoms with Crippen LogP contribution in [0.4, 0.5) is 16.2 Å². The molecule has 41 heavy (non-hydrogen) atoms. The molecule has 0 spiro atoms. The molecule has 2 amide bonds. The van der Waals surface area contributed by atoms with Crippen LogP contribution in [0.15, 0.2) is 72.9 Å². The lowest BCUT2D eigenvalue weighted by molar-refractivity contribution is 0.0336. The highest BCUT2D eigenvalue weighted by atomic mass is 16.5. The molecule has 0 atom stereocenters. The number of hydrogen-bond acceptors (Lipinski definition) is 5. The number of aliphatic hydroxyl groups is 1. The van der Waals surface area contributed by atoms with Gasteiger partial charge in [-0.2, -0.15) is 0 Å². The van der Waals surface area contributed by atoms with Crippen molar-refractivity contribution in [2.24, 2.45) is 0 Å².